The number of carbonyl (C=O) groups excluding carboxylic acids is 2. The van der Waals surface area contributed by atoms with Gasteiger partial charge in [-0.05, 0) is 44.5 Å². The molecule has 2 amide bonds. The number of hydrogen-bond donors (Lipinski definition) is 1. The molecule has 0 unspecified atom stereocenters. The van der Waals surface area contributed by atoms with Crippen LogP contribution < -0.4 is 10.2 Å². The van der Waals surface area contributed by atoms with E-state index >= 15 is 0 Å². The third kappa shape index (κ3) is 7.29. The first-order chi connectivity index (χ1) is 18.5. The van der Waals surface area contributed by atoms with E-state index in [1.165, 1.54) is 4.90 Å². The van der Waals surface area contributed by atoms with Gasteiger partial charge < -0.3 is 15.0 Å². The first-order valence-corrected chi connectivity index (χ1v) is 15.3. The van der Waals surface area contributed by atoms with Crippen molar-refractivity contribution in [3.05, 3.63) is 64.7 Å². The predicted octanol–water partition coefficient (Wildman–Crippen LogP) is 5.10. The summed E-state index contributed by atoms with van der Waals surface area (Å²) >= 11 is 7.29. The minimum atomic E-state index is -4.68. The highest BCUT2D eigenvalue weighted by molar-refractivity contribution is 8.16. The number of carbonyl (C=O) groups is 2. The second kappa shape index (κ2) is 11.2. The SMILES string of the molecule is CC(C)(C)OC(=O)N[C@@H](Cc1ccccc1)C(=O)N=C1S[C@H]2CS(=O)(=O)C[C@H]2N1c1cc(C(F)(F)F)ccc1Cl. The lowest BCUT2D eigenvalue weighted by Gasteiger charge is -2.27. The standard InChI is InChI=1S/C26H27ClF3N3O5S2/c1-25(2,3)38-24(35)31-18(11-15-7-5-4-6-8-15)22(34)32-23-33(20-13-40(36,37)14-21(20)39-23)19-12-16(26(28,29)30)9-10-17(19)27/h4-10,12,18,20-21H,11,13-14H2,1-3H3,(H,31,35)/t18-,20+,21-/m0/s1. The molecule has 2 aromatic rings. The number of ether oxygens (including phenoxy) is 1. The van der Waals surface area contributed by atoms with Crippen molar-refractivity contribution in [3.63, 3.8) is 0 Å². The summed E-state index contributed by atoms with van der Waals surface area (Å²) in [5, 5.41) is 1.90. The minimum absolute atomic E-state index is 0.000162. The lowest BCUT2D eigenvalue weighted by Crippen LogP contribution is -2.45. The fourth-order valence-electron chi connectivity index (χ4n) is 4.39. The van der Waals surface area contributed by atoms with Gasteiger partial charge in [-0.25, -0.2) is 13.2 Å². The Morgan fingerprint density at radius 1 is 1.15 bits per heavy atom. The molecule has 8 nitrogen and oxygen atoms in total. The molecule has 0 aromatic heterocycles. The van der Waals surface area contributed by atoms with E-state index in [-0.39, 0.29) is 33.8 Å². The highest BCUT2D eigenvalue weighted by Crippen LogP contribution is 2.44. The fourth-order valence-corrected chi connectivity index (χ4v) is 8.51. The Kier molecular flexibility index (Phi) is 8.49. The van der Waals surface area contributed by atoms with E-state index in [2.05, 4.69) is 10.3 Å². The Morgan fingerprint density at radius 3 is 2.45 bits per heavy atom. The van der Waals surface area contributed by atoms with Crippen LogP contribution in [0.1, 0.15) is 31.9 Å². The number of alkyl halides is 3. The molecule has 2 aliphatic rings. The van der Waals surface area contributed by atoms with Crippen molar-refractivity contribution < 1.29 is 35.9 Å². The summed E-state index contributed by atoms with van der Waals surface area (Å²) in [5.41, 5.74) is -1.21. The quantitative estimate of drug-likeness (QED) is 0.498. The monoisotopic (exact) mass is 617 g/mol. The van der Waals surface area contributed by atoms with Gasteiger partial charge in [0.25, 0.3) is 5.91 Å². The van der Waals surface area contributed by atoms with Crippen LogP contribution in [0.2, 0.25) is 5.02 Å². The molecule has 2 saturated heterocycles. The maximum atomic E-state index is 13.5. The topological polar surface area (TPSA) is 105 Å². The van der Waals surface area contributed by atoms with Crippen LogP contribution >= 0.6 is 23.4 Å². The van der Waals surface area contributed by atoms with E-state index in [1.54, 1.807) is 51.1 Å². The van der Waals surface area contributed by atoms with Gasteiger partial charge in [-0.1, -0.05) is 53.7 Å². The third-order valence-corrected chi connectivity index (χ3v) is 9.61. The van der Waals surface area contributed by atoms with E-state index in [0.717, 1.165) is 35.5 Å². The number of halogens is 4. The molecule has 2 aliphatic heterocycles. The number of nitrogens with zero attached hydrogens (tertiary/aromatic N) is 2. The van der Waals surface area contributed by atoms with Crippen molar-refractivity contribution in [2.24, 2.45) is 4.99 Å². The predicted molar refractivity (Wildman–Crippen MR) is 148 cm³/mol. The Hall–Kier alpha value is -2.77. The second-order valence-electron chi connectivity index (χ2n) is 10.5. The lowest BCUT2D eigenvalue weighted by atomic mass is 10.1. The number of anilines is 1. The van der Waals surface area contributed by atoms with Crippen molar-refractivity contribution in [1.29, 1.82) is 0 Å². The molecule has 0 aliphatic carbocycles. The van der Waals surface area contributed by atoms with Gasteiger partial charge in [0.1, 0.15) is 11.6 Å². The molecule has 4 rings (SSSR count). The number of amidine groups is 1. The van der Waals surface area contributed by atoms with Crippen molar-refractivity contribution >= 4 is 56.1 Å². The summed E-state index contributed by atoms with van der Waals surface area (Å²) in [6.07, 6.45) is -5.47. The number of benzene rings is 2. The van der Waals surface area contributed by atoms with Gasteiger partial charge in [0.15, 0.2) is 15.0 Å². The molecule has 216 valence electrons. The van der Waals surface area contributed by atoms with Crippen LogP contribution in [0.3, 0.4) is 0 Å². The van der Waals surface area contributed by atoms with E-state index < -0.39 is 56.5 Å². The highest BCUT2D eigenvalue weighted by atomic mass is 35.5. The van der Waals surface area contributed by atoms with Crippen LogP contribution in [0, 0.1) is 0 Å². The Balaban J connectivity index is 1.72. The number of amides is 2. The molecule has 0 radical (unpaired) electrons. The zero-order valence-electron chi connectivity index (χ0n) is 21.7. The van der Waals surface area contributed by atoms with Crippen LogP contribution in [-0.4, -0.2) is 60.0 Å². The first-order valence-electron chi connectivity index (χ1n) is 12.2. The Morgan fingerprint density at radius 2 is 1.82 bits per heavy atom. The number of fused-ring (bicyclic) bond motifs is 1. The molecular weight excluding hydrogens is 591 g/mol. The van der Waals surface area contributed by atoms with Crippen LogP contribution in [0.15, 0.2) is 53.5 Å². The molecule has 14 heteroatoms. The average Bonchev–Trinajstić information content (AvgIpc) is 3.28. The van der Waals surface area contributed by atoms with Crippen molar-refractivity contribution in [3.8, 4) is 0 Å². The van der Waals surface area contributed by atoms with Crippen molar-refractivity contribution in [1.82, 2.24) is 5.32 Å². The number of alkyl carbamates (subject to hydrolysis) is 1. The summed E-state index contributed by atoms with van der Waals surface area (Å²) in [6.45, 7) is 5.00. The fraction of sp³-hybridized carbons (Fsp3) is 0.423. The maximum Gasteiger partial charge on any atom is 0.416 e. The van der Waals surface area contributed by atoms with Gasteiger partial charge in [0.2, 0.25) is 0 Å². The van der Waals surface area contributed by atoms with Gasteiger partial charge >= 0.3 is 12.3 Å². The summed E-state index contributed by atoms with van der Waals surface area (Å²) in [7, 11) is -3.48. The molecule has 0 bridgehead atoms. The van der Waals surface area contributed by atoms with Crippen molar-refractivity contribution in [2.75, 3.05) is 16.4 Å². The molecular formula is C26H27ClF3N3O5S2. The molecule has 2 fully saturated rings. The number of hydrogen-bond acceptors (Lipinski definition) is 6. The second-order valence-corrected chi connectivity index (χ2v) is 14.2. The van der Waals surface area contributed by atoms with Crippen molar-refractivity contribution in [2.45, 2.75) is 56.3 Å². The molecule has 0 saturated carbocycles. The van der Waals surface area contributed by atoms with Gasteiger partial charge in [-0.3, -0.25) is 4.79 Å². The summed E-state index contributed by atoms with van der Waals surface area (Å²) < 4.78 is 70.7. The number of rotatable bonds is 5. The van der Waals surface area contributed by atoms with Gasteiger partial charge in [-0.2, -0.15) is 18.2 Å². The smallest absolute Gasteiger partial charge is 0.416 e. The summed E-state index contributed by atoms with van der Waals surface area (Å²) in [5.74, 6) is -1.35. The van der Waals surface area contributed by atoms with Crippen LogP contribution in [0.4, 0.5) is 23.7 Å². The number of nitrogens with one attached hydrogen (secondary N) is 1. The third-order valence-electron chi connectivity index (χ3n) is 6.08. The van der Waals surface area contributed by atoms with Crippen LogP contribution in [0.5, 0.6) is 0 Å². The van der Waals surface area contributed by atoms with Crippen LogP contribution in [0.25, 0.3) is 0 Å². The van der Waals surface area contributed by atoms with E-state index in [1.807, 2.05) is 0 Å². The highest BCUT2D eigenvalue weighted by Gasteiger charge is 2.50. The Bertz CT molecular complexity index is 1430. The van der Waals surface area contributed by atoms with Gasteiger partial charge in [-0.15, -0.1) is 0 Å². The zero-order chi connectivity index (χ0) is 29.5. The summed E-state index contributed by atoms with van der Waals surface area (Å²) in [4.78, 5) is 31.6. The van der Waals surface area contributed by atoms with Gasteiger partial charge in [0, 0.05) is 11.7 Å². The Labute approximate surface area is 239 Å². The average molecular weight is 618 g/mol. The largest absolute Gasteiger partial charge is 0.444 e. The summed E-state index contributed by atoms with van der Waals surface area (Å²) in [6, 6.07) is 9.60. The minimum Gasteiger partial charge on any atom is -0.444 e. The molecule has 0 spiro atoms. The molecule has 1 N–H and O–H groups in total. The number of sulfone groups is 1. The van der Waals surface area contributed by atoms with E-state index in [4.69, 9.17) is 16.3 Å². The number of aliphatic imine (C=N–C) groups is 1. The molecule has 2 aromatic carbocycles. The molecule has 2 heterocycles. The molecule has 40 heavy (non-hydrogen) atoms. The number of thioether (sulfide) groups is 1. The van der Waals surface area contributed by atoms with E-state index in [0.29, 0.717) is 0 Å². The maximum absolute atomic E-state index is 13.5. The van der Waals surface area contributed by atoms with Gasteiger partial charge in [0.05, 0.1) is 33.8 Å². The zero-order valence-corrected chi connectivity index (χ0v) is 24.1. The molecule has 3 atom stereocenters. The first kappa shape index (κ1) is 30.2. The lowest BCUT2D eigenvalue weighted by molar-refractivity contribution is -0.137. The van der Waals surface area contributed by atoms with E-state index in [9.17, 15) is 31.2 Å². The van der Waals surface area contributed by atoms with Crippen LogP contribution in [-0.2, 0) is 32.0 Å². The normalized spacial score (nSPS) is 22.2.